The molecule has 0 aliphatic carbocycles. The van der Waals surface area contributed by atoms with Crippen molar-refractivity contribution in [2.75, 3.05) is 6.54 Å². The van der Waals surface area contributed by atoms with E-state index < -0.39 is 0 Å². The third-order valence-electron chi connectivity index (χ3n) is 2.93. The van der Waals surface area contributed by atoms with Gasteiger partial charge in [0.25, 0.3) is 0 Å². The fraction of sp³-hybridized carbons (Fsp3) is 0.643. The molecule has 0 saturated heterocycles. The Balaban J connectivity index is 2.31. The summed E-state index contributed by atoms with van der Waals surface area (Å²) in [6.45, 7) is 5.52. The molecule has 16 heavy (non-hydrogen) atoms. The molecule has 0 aliphatic heterocycles. The molecule has 90 valence electrons. The van der Waals surface area contributed by atoms with Gasteiger partial charge in [0.15, 0.2) is 0 Å². The van der Waals surface area contributed by atoms with Crippen molar-refractivity contribution in [2.24, 2.45) is 0 Å². The minimum Gasteiger partial charge on any atom is -0.314 e. The topological polar surface area (TPSA) is 24.9 Å². The van der Waals surface area contributed by atoms with E-state index in [2.05, 4.69) is 36.3 Å². The summed E-state index contributed by atoms with van der Waals surface area (Å²) in [5.41, 5.74) is 1.40. The highest BCUT2D eigenvalue weighted by Crippen LogP contribution is 2.09. The molecule has 0 aliphatic rings. The van der Waals surface area contributed by atoms with Crippen molar-refractivity contribution in [3.05, 3.63) is 30.1 Å². The first kappa shape index (κ1) is 13.2. The molecule has 1 heterocycles. The predicted octanol–water partition coefficient (Wildman–Crippen LogP) is 3.18. The van der Waals surface area contributed by atoms with Gasteiger partial charge in [-0.2, -0.15) is 0 Å². The van der Waals surface area contributed by atoms with Crippen molar-refractivity contribution < 1.29 is 0 Å². The number of nitrogens with zero attached hydrogens (tertiary/aromatic N) is 1. The highest BCUT2D eigenvalue weighted by Gasteiger charge is 2.06. The quantitative estimate of drug-likeness (QED) is 0.728. The zero-order valence-electron chi connectivity index (χ0n) is 10.6. The van der Waals surface area contributed by atoms with Crippen LogP contribution in [0.5, 0.6) is 0 Å². The molecule has 1 N–H and O–H groups in total. The second kappa shape index (κ2) is 8.28. The molecule has 0 fully saturated rings. The number of aryl methyl sites for hydroxylation is 1. The van der Waals surface area contributed by atoms with Crippen LogP contribution in [0.4, 0.5) is 0 Å². The summed E-state index contributed by atoms with van der Waals surface area (Å²) in [6.07, 6.45) is 10.1. The second-order valence-electron chi connectivity index (χ2n) is 4.29. The van der Waals surface area contributed by atoms with Crippen LogP contribution in [0.15, 0.2) is 24.5 Å². The molecule has 2 heteroatoms. The van der Waals surface area contributed by atoms with Crippen LogP contribution < -0.4 is 5.32 Å². The van der Waals surface area contributed by atoms with Crippen LogP contribution in [0, 0.1) is 0 Å². The van der Waals surface area contributed by atoms with Gasteiger partial charge in [-0.05, 0) is 43.5 Å². The maximum absolute atomic E-state index is 4.04. The first-order valence-electron chi connectivity index (χ1n) is 6.49. The molecule has 0 saturated carbocycles. The van der Waals surface area contributed by atoms with Crippen LogP contribution in [-0.2, 0) is 6.42 Å². The molecule has 0 radical (unpaired) electrons. The number of pyridine rings is 1. The molecule has 0 bridgehead atoms. The zero-order valence-corrected chi connectivity index (χ0v) is 10.6. The summed E-state index contributed by atoms with van der Waals surface area (Å²) >= 11 is 0. The van der Waals surface area contributed by atoms with Crippen LogP contribution in [0.1, 0.15) is 45.1 Å². The Morgan fingerprint density at radius 2 is 1.94 bits per heavy atom. The SMILES string of the molecule is CCCCC(CCc1ccncc1)NCC. The molecule has 1 aromatic rings. The average molecular weight is 220 g/mol. The summed E-state index contributed by atoms with van der Waals surface area (Å²) in [5.74, 6) is 0. The van der Waals surface area contributed by atoms with Crippen molar-refractivity contribution in [1.82, 2.24) is 10.3 Å². The zero-order chi connectivity index (χ0) is 11.6. The Morgan fingerprint density at radius 1 is 1.19 bits per heavy atom. The summed E-state index contributed by atoms with van der Waals surface area (Å²) in [5, 5.41) is 3.57. The van der Waals surface area contributed by atoms with E-state index in [0.717, 1.165) is 13.0 Å². The largest absolute Gasteiger partial charge is 0.314 e. The first-order valence-corrected chi connectivity index (χ1v) is 6.49. The second-order valence-corrected chi connectivity index (χ2v) is 4.29. The lowest BCUT2D eigenvalue weighted by atomic mass is 10.0. The summed E-state index contributed by atoms with van der Waals surface area (Å²) in [7, 11) is 0. The van der Waals surface area contributed by atoms with Gasteiger partial charge in [-0.1, -0.05) is 26.7 Å². The van der Waals surface area contributed by atoms with Gasteiger partial charge in [-0.3, -0.25) is 4.98 Å². The lowest BCUT2D eigenvalue weighted by Gasteiger charge is -2.17. The molecule has 0 amide bonds. The van der Waals surface area contributed by atoms with E-state index in [1.807, 2.05) is 12.4 Å². The summed E-state index contributed by atoms with van der Waals surface area (Å²) in [4.78, 5) is 4.04. The fourth-order valence-corrected chi connectivity index (χ4v) is 1.98. The maximum Gasteiger partial charge on any atom is 0.0270 e. The Labute approximate surface area is 99.5 Å². The van der Waals surface area contributed by atoms with Gasteiger partial charge in [-0.15, -0.1) is 0 Å². The van der Waals surface area contributed by atoms with Crippen molar-refractivity contribution >= 4 is 0 Å². The van der Waals surface area contributed by atoms with Gasteiger partial charge in [0, 0.05) is 18.4 Å². The van der Waals surface area contributed by atoms with Crippen molar-refractivity contribution in [3.63, 3.8) is 0 Å². The van der Waals surface area contributed by atoms with Gasteiger partial charge in [0.05, 0.1) is 0 Å². The summed E-state index contributed by atoms with van der Waals surface area (Å²) in [6, 6.07) is 4.91. The van der Waals surface area contributed by atoms with Gasteiger partial charge < -0.3 is 5.32 Å². The number of rotatable bonds is 8. The third kappa shape index (κ3) is 5.26. The molecule has 2 nitrogen and oxygen atoms in total. The fourth-order valence-electron chi connectivity index (χ4n) is 1.98. The van der Waals surface area contributed by atoms with Crippen LogP contribution in [0.25, 0.3) is 0 Å². The molecule has 1 atom stereocenters. The lowest BCUT2D eigenvalue weighted by Crippen LogP contribution is -2.29. The Hall–Kier alpha value is -0.890. The highest BCUT2D eigenvalue weighted by atomic mass is 14.9. The number of nitrogens with one attached hydrogen (secondary N) is 1. The standard InChI is InChI=1S/C14H24N2/c1-3-5-6-14(16-4-2)8-7-13-9-11-15-12-10-13/h9-12,14,16H,3-8H2,1-2H3. The van der Waals surface area contributed by atoms with Crippen molar-refractivity contribution in [1.29, 1.82) is 0 Å². The monoisotopic (exact) mass is 220 g/mol. The van der Waals surface area contributed by atoms with Gasteiger partial charge >= 0.3 is 0 Å². The number of unbranched alkanes of at least 4 members (excludes halogenated alkanes) is 1. The minimum absolute atomic E-state index is 0.679. The average Bonchev–Trinajstić information content (AvgIpc) is 2.34. The van der Waals surface area contributed by atoms with E-state index in [1.165, 1.54) is 31.2 Å². The molecular weight excluding hydrogens is 196 g/mol. The van der Waals surface area contributed by atoms with Crippen molar-refractivity contribution in [3.8, 4) is 0 Å². The first-order chi connectivity index (χ1) is 7.86. The predicted molar refractivity (Wildman–Crippen MR) is 69.5 cm³/mol. The number of hydrogen-bond donors (Lipinski definition) is 1. The summed E-state index contributed by atoms with van der Waals surface area (Å²) < 4.78 is 0. The van der Waals surface area contributed by atoms with Crippen LogP contribution >= 0.6 is 0 Å². The third-order valence-corrected chi connectivity index (χ3v) is 2.93. The van der Waals surface area contributed by atoms with E-state index in [-0.39, 0.29) is 0 Å². The van der Waals surface area contributed by atoms with Crippen LogP contribution in [-0.4, -0.2) is 17.6 Å². The smallest absolute Gasteiger partial charge is 0.0270 e. The molecule has 0 aromatic carbocycles. The number of aromatic nitrogens is 1. The van der Waals surface area contributed by atoms with E-state index >= 15 is 0 Å². The van der Waals surface area contributed by atoms with E-state index in [4.69, 9.17) is 0 Å². The van der Waals surface area contributed by atoms with Crippen LogP contribution in [0.2, 0.25) is 0 Å². The Kier molecular flexibility index (Phi) is 6.82. The number of hydrogen-bond acceptors (Lipinski definition) is 2. The molecule has 1 rings (SSSR count). The Bertz CT molecular complexity index is 259. The van der Waals surface area contributed by atoms with Gasteiger partial charge in [0.1, 0.15) is 0 Å². The molecule has 1 aromatic heterocycles. The van der Waals surface area contributed by atoms with E-state index in [9.17, 15) is 0 Å². The highest BCUT2D eigenvalue weighted by molar-refractivity contribution is 5.09. The van der Waals surface area contributed by atoms with Crippen molar-refractivity contribution in [2.45, 2.75) is 52.0 Å². The normalized spacial score (nSPS) is 12.6. The minimum atomic E-state index is 0.679. The van der Waals surface area contributed by atoms with Gasteiger partial charge in [0.2, 0.25) is 0 Å². The van der Waals surface area contributed by atoms with Crippen LogP contribution in [0.3, 0.4) is 0 Å². The molecule has 0 spiro atoms. The van der Waals surface area contributed by atoms with E-state index in [0.29, 0.717) is 6.04 Å². The molecule has 1 unspecified atom stereocenters. The van der Waals surface area contributed by atoms with Gasteiger partial charge in [-0.25, -0.2) is 0 Å². The Morgan fingerprint density at radius 3 is 2.56 bits per heavy atom. The van der Waals surface area contributed by atoms with E-state index in [1.54, 1.807) is 0 Å². The maximum atomic E-state index is 4.04. The lowest BCUT2D eigenvalue weighted by molar-refractivity contribution is 0.449. The molecular formula is C14H24N2.